The van der Waals surface area contributed by atoms with Gasteiger partial charge in [0.25, 0.3) is 5.56 Å². The van der Waals surface area contributed by atoms with Crippen molar-refractivity contribution in [1.82, 2.24) is 15.0 Å². The molecule has 0 aliphatic heterocycles. The van der Waals surface area contributed by atoms with Gasteiger partial charge in [-0.25, -0.2) is 4.98 Å². The topological polar surface area (TPSA) is 70.7 Å². The molecule has 0 amide bonds. The van der Waals surface area contributed by atoms with Crippen molar-refractivity contribution in [3.63, 3.8) is 0 Å². The van der Waals surface area contributed by atoms with Crippen LogP contribution in [0.1, 0.15) is 11.1 Å². The first-order valence-corrected chi connectivity index (χ1v) is 6.24. The molecule has 2 aromatic heterocycles. The first-order valence-electron chi connectivity index (χ1n) is 5.61. The van der Waals surface area contributed by atoms with E-state index in [0.29, 0.717) is 30.2 Å². The van der Waals surface area contributed by atoms with Crippen molar-refractivity contribution in [3.8, 4) is 0 Å². The van der Waals surface area contributed by atoms with Gasteiger partial charge >= 0.3 is 0 Å². The van der Waals surface area contributed by atoms with Gasteiger partial charge in [0.05, 0.1) is 0 Å². The highest BCUT2D eigenvalue weighted by Gasteiger charge is 2.03. The summed E-state index contributed by atoms with van der Waals surface area (Å²) in [7, 11) is 0. The number of aromatic nitrogens is 3. The molecule has 0 unspecified atom stereocenters. The van der Waals surface area contributed by atoms with E-state index in [2.05, 4.69) is 32.9 Å². The van der Waals surface area contributed by atoms with Crippen LogP contribution in [0, 0.1) is 0 Å². The highest BCUT2D eigenvalue weighted by Crippen LogP contribution is 2.03. The van der Waals surface area contributed by atoms with Gasteiger partial charge in [0, 0.05) is 42.9 Å². The molecule has 94 valence electrons. The number of hydrogen-bond acceptors (Lipinski definition) is 5. The van der Waals surface area contributed by atoms with Crippen molar-refractivity contribution in [2.45, 2.75) is 6.42 Å². The molecule has 0 fully saturated rings. The fourth-order valence-corrected chi connectivity index (χ4v) is 1.65. The molecule has 0 radical (unpaired) electrons. The number of anilines is 1. The van der Waals surface area contributed by atoms with Crippen molar-refractivity contribution in [3.05, 3.63) is 52.2 Å². The molecular formula is C12H14N4OS. The highest BCUT2D eigenvalue weighted by atomic mass is 32.1. The summed E-state index contributed by atoms with van der Waals surface area (Å²) in [6.07, 6.45) is 5.57. The van der Waals surface area contributed by atoms with E-state index in [1.165, 1.54) is 0 Å². The zero-order valence-corrected chi connectivity index (χ0v) is 10.7. The summed E-state index contributed by atoms with van der Waals surface area (Å²) in [5.74, 6) is 1.16. The lowest BCUT2D eigenvalue weighted by Gasteiger charge is -2.04. The summed E-state index contributed by atoms with van der Waals surface area (Å²) < 4.78 is 0. The fraction of sp³-hybridized carbons (Fsp3) is 0.250. The number of thiol groups is 1. The number of nitrogens with zero attached hydrogens (tertiary/aromatic N) is 2. The molecule has 6 heteroatoms. The van der Waals surface area contributed by atoms with Gasteiger partial charge in [0.15, 0.2) is 0 Å². The maximum atomic E-state index is 11.8. The van der Waals surface area contributed by atoms with E-state index in [-0.39, 0.29) is 5.56 Å². The van der Waals surface area contributed by atoms with Crippen LogP contribution in [0.4, 0.5) is 5.95 Å². The van der Waals surface area contributed by atoms with Crippen molar-refractivity contribution in [1.29, 1.82) is 0 Å². The molecule has 0 atom stereocenters. The number of hydrogen-bond donors (Lipinski definition) is 3. The minimum Gasteiger partial charge on any atom is -0.355 e. The Balaban J connectivity index is 2.13. The summed E-state index contributed by atoms with van der Waals surface area (Å²) in [5.41, 5.74) is 1.48. The predicted octanol–water partition coefficient (Wildman–Crippen LogP) is 1.10. The lowest BCUT2D eigenvalue weighted by atomic mass is 10.1. The molecule has 0 saturated carbocycles. The molecule has 5 nitrogen and oxygen atoms in total. The summed E-state index contributed by atoms with van der Waals surface area (Å²) >= 11 is 4.07. The zero-order chi connectivity index (χ0) is 12.8. The third-order valence-electron chi connectivity index (χ3n) is 2.39. The lowest BCUT2D eigenvalue weighted by Crippen LogP contribution is -2.17. The Hall–Kier alpha value is -1.82. The van der Waals surface area contributed by atoms with Crippen molar-refractivity contribution in [2.24, 2.45) is 0 Å². The molecule has 0 aliphatic rings. The Morgan fingerprint density at radius 2 is 2.28 bits per heavy atom. The van der Waals surface area contributed by atoms with Crippen LogP contribution in [0.25, 0.3) is 0 Å². The molecule has 0 saturated heterocycles. The first kappa shape index (κ1) is 12.6. The first-order chi connectivity index (χ1) is 8.79. The molecule has 2 heterocycles. The van der Waals surface area contributed by atoms with Crippen LogP contribution in [0.3, 0.4) is 0 Å². The number of H-pyrrole nitrogens is 1. The molecule has 18 heavy (non-hydrogen) atoms. The van der Waals surface area contributed by atoms with Crippen LogP contribution in [0.15, 0.2) is 35.5 Å². The maximum Gasteiger partial charge on any atom is 0.255 e. The second kappa shape index (κ2) is 6.20. The summed E-state index contributed by atoms with van der Waals surface area (Å²) in [5, 5.41) is 2.97. The van der Waals surface area contributed by atoms with E-state index < -0.39 is 0 Å². The molecule has 2 N–H and O–H groups in total. The highest BCUT2D eigenvalue weighted by molar-refractivity contribution is 7.80. The molecule has 0 aromatic carbocycles. The minimum atomic E-state index is -0.129. The van der Waals surface area contributed by atoms with E-state index in [1.54, 1.807) is 18.6 Å². The Morgan fingerprint density at radius 3 is 2.94 bits per heavy atom. The van der Waals surface area contributed by atoms with Gasteiger partial charge in [-0.05, 0) is 11.6 Å². The van der Waals surface area contributed by atoms with Crippen LogP contribution >= 0.6 is 12.6 Å². The van der Waals surface area contributed by atoms with Gasteiger partial charge < -0.3 is 5.32 Å². The van der Waals surface area contributed by atoms with Crippen LogP contribution < -0.4 is 10.9 Å². The van der Waals surface area contributed by atoms with Crippen LogP contribution in [-0.4, -0.2) is 27.2 Å². The smallest absolute Gasteiger partial charge is 0.255 e. The van der Waals surface area contributed by atoms with Crippen molar-refractivity contribution < 1.29 is 0 Å². The minimum absolute atomic E-state index is 0.129. The molecular weight excluding hydrogens is 248 g/mol. The van der Waals surface area contributed by atoms with E-state index in [1.807, 2.05) is 12.1 Å². The molecule has 0 aliphatic carbocycles. The van der Waals surface area contributed by atoms with Gasteiger partial charge in [-0.1, -0.05) is 6.07 Å². The quantitative estimate of drug-likeness (QED) is 0.706. The second-order valence-corrected chi connectivity index (χ2v) is 4.22. The lowest BCUT2D eigenvalue weighted by molar-refractivity contribution is 1.00. The van der Waals surface area contributed by atoms with Gasteiger partial charge in [-0.2, -0.15) is 12.6 Å². The van der Waals surface area contributed by atoms with Gasteiger partial charge in [0.1, 0.15) is 0 Å². The fourth-order valence-electron chi connectivity index (χ4n) is 1.53. The average molecular weight is 262 g/mol. The zero-order valence-electron chi connectivity index (χ0n) is 9.76. The second-order valence-electron chi connectivity index (χ2n) is 3.77. The average Bonchev–Trinajstić information content (AvgIpc) is 2.40. The third kappa shape index (κ3) is 3.33. The number of pyridine rings is 1. The molecule has 2 rings (SSSR count). The van der Waals surface area contributed by atoms with E-state index in [9.17, 15) is 4.79 Å². The van der Waals surface area contributed by atoms with E-state index in [4.69, 9.17) is 0 Å². The van der Waals surface area contributed by atoms with Crippen molar-refractivity contribution >= 4 is 18.6 Å². The standard InChI is InChI=1S/C12H14N4OS/c17-11-10(6-9-2-1-3-13-7-9)8-15-12(16-11)14-4-5-18/h1-3,7-8,18H,4-6H2,(H2,14,15,16,17). The van der Waals surface area contributed by atoms with E-state index in [0.717, 1.165) is 5.56 Å². The number of nitrogens with one attached hydrogen (secondary N) is 2. The van der Waals surface area contributed by atoms with E-state index >= 15 is 0 Å². The third-order valence-corrected chi connectivity index (χ3v) is 2.62. The normalized spacial score (nSPS) is 10.3. The van der Waals surface area contributed by atoms with Crippen LogP contribution in [-0.2, 0) is 6.42 Å². The monoisotopic (exact) mass is 262 g/mol. The Morgan fingerprint density at radius 1 is 1.39 bits per heavy atom. The molecule has 0 bridgehead atoms. The van der Waals surface area contributed by atoms with Crippen LogP contribution in [0.2, 0.25) is 0 Å². The van der Waals surface area contributed by atoms with Crippen LogP contribution in [0.5, 0.6) is 0 Å². The Kier molecular flexibility index (Phi) is 4.35. The largest absolute Gasteiger partial charge is 0.355 e. The van der Waals surface area contributed by atoms with Gasteiger partial charge in [-0.15, -0.1) is 0 Å². The summed E-state index contributed by atoms with van der Waals surface area (Å²) in [6.45, 7) is 0.661. The predicted molar refractivity (Wildman–Crippen MR) is 74.2 cm³/mol. The Bertz CT molecular complexity index is 556. The summed E-state index contributed by atoms with van der Waals surface area (Å²) in [4.78, 5) is 22.7. The summed E-state index contributed by atoms with van der Waals surface area (Å²) in [6, 6.07) is 3.78. The Labute approximate surface area is 110 Å². The number of rotatable bonds is 5. The SMILES string of the molecule is O=c1[nH]c(NCCS)ncc1Cc1cccnc1. The van der Waals surface area contributed by atoms with Crippen molar-refractivity contribution in [2.75, 3.05) is 17.6 Å². The van der Waals surface area contributed by atoms with Gasteiger partial charge in [-0.3, -0.25) is 14.8 Å². The molecule has 2 aromatic rings. The number of aromatic amines is 1. The molecule has 0 spiro atoms. The maximum absolute atomic E-state index is 11.8. The van der Waals surface area contributed by atoms with Gasteiger partial charge in [0.2, 0.25) is 5.95 Å².